The molecule has 0 aliphatic rings. The van der Waals surface area contributed by atoms with E-state index in [0.717, 1.165) is 27.7 Å². The third-order valence-corrected chi connectivity index (χ3v) is 4.35. The highest BCUT2D eigenvalue weighted by Gasteiger charge is 2.12. The van der Waals surface area contributed by atoms with Crippen molar-refractivity contribution in [3.63, 3.8) is 0 Å². The molecule has 0 bridgehead atoms. The van der Waals surface area contributed by atoms with Crippen molar-refractivity contribution in [2.75, 3.05) is 10.6 Å². The van der Waals surface area contributed by atoms with Crippen LogP contribution in [0.15, 0.2) is 42.5 Å². The zero-order valence-corrected chi connectivity index (χ0v) is 16.1. The first-order chi connectivity index (χ1) is 12.8. The molecule has 0 fully saturated rings. The summed E-state index contributed by atoms with van der Waals surface area (Å²) in [6.07, 6.45) is 0.484. The van der Waals surface area contributed by atoms with Gasteiger partial charge >= 0.3 is 0 Å². The summed E-state index contributed by atoms with van der Waals surface area (Å²) in [6, 6.07) is 13.1. The van der Waals surface area contributed by atoms with E-state index in [1.54, 1.807) is 24.3 Å². The van der Waals surface area contributed by atoms with Gasteiger partial charge in [-0.15, -0.1) is 0 Å². The minimum absolute atomic E-state index is 0.00877. The fraction of sp³-hybridized carbons (Fsp3) is 0.273. The van der Waals surface area contributed by atoms with Crippen molar-refractivity contribution >= 4 is 34.1 Å². The number of hydrogen-bond donors (Lipinski definition) is 3. The number of nitrogens with one attached hydrogen (secondary N) is 3. The van der Waals surface area contributed by atoms with Gasteiger partial charge in [0.2, 0.25) is 5.91 Å². The zero-order chi connectivity index (χ0) is 19.6. The Bertz CT molecular complexity index is 985. The highest BCUT2D eigenvalue weighted by Crippen LogP contribution is 2.22. The summed E-state index contributed by atoms with van der Waals surface area (Å²) in [7, 11) is 0. The number of aryl methyl sites for hydroxylation is 2. The smallest absolute Gasteiger partial charge is 0.272 e. The fourth-order valence-corrected chi connectivity index (χ4v) is 3.14. The molecule has 140 valence electrons. The van der Waals surface area contributed by atoms with E-state index in [0.29, 0.717) is 23.7 Å². The van der Waals surface area contributed by atoms with E-state index in [1.165, 1.54) is 0 Å². The number of amides is 2. The Balaban J connectivity index is 1.69. The second kappa shape index (κ2) is 7.66. The van der Waals surface area contributed by atoms with Crippen LogP contribution in [0.4, 0.5) is 11.4 Å². The van der Waals surface area contributed by atoms with Gasteiger partial charge in [0.05, 0.1) is 0 Å². The summed E-state index contributed by atoms with van der Waals surface area (Å²) >= 11 is 0. The van der Waals surface area contributed by atoms with Gasteiger partial charge in [0.25, 0.3) is 5.91 Å². The molecular weight excluding hydrogens is 338 g/mol. The molecule has 0 spiro atoms. The molecule has 1 aromatic heterocycles. The lowest BCUT2D eigenvalue weighted by Gasteiger charge is -2.08. The van der Waals surface area contributed by atoms with E-state index in [-0.39, 0.29) is 11.8 Å². The van der Waals surface area contributed by atoms with Crippen LogP contribution in [0.3, 0.4) is 0 Å². The second-order valence-electron chi connectivity index (χ2n) is 7.40. The summed E-state index contributed by atoms with van der Waals surface area (Å²) in [5, 5.41) is 6.79. The van der Waals surface area contributed by atoms with Gasteiger partial charge in [-0.25, -0.2) is 0 Å². The Morgan fingerprint density at radius 2 is 1.59 bits per heavy atom. The van der Waals surface area contributed by atoms with E-state index < -0.39 is 0 Å². The van der Waals surface area contributed by atoms with Crippen molar-refractivity contribution in [3.05, 3.63) is 59.3 Å². The van der Waals surface area contributed by atoms with Crippen LogP contribution >= 0.6 is 0 Å². The number of anilines is 2. The molecule has 0 aliphatic carbocycles. The Morgan fingerprint density at radius 3 is 2.22 bits per heavy atom. The molecule has 0 saturated carbocycles. The molecule has 27 heavy (non-hydrogen) atoms. The van der Waals surface area contributed by atoms with Gasteiger partial charge in [-0.2, -0.15) is 0 Å². The third kappa shape index (κ3) is 4.56. The van der Waals surface area contributed by atoms with Crippen molar-refractivity contribution in [1.29, 1.82) is 0 Å². The summed E-state index contributed by atoms with van der Waals surface area (Å²) < 4.78 is 0. The number of aromatic amines is 1. The maximum Gasteiger partial charge on any atom is 0.272 e. The molecule has 1 heterocycles. The first-order valence-electron chi connectivity index (χ1n) is 9.13. The maximum atomic E-state index is 12.6. The van der Waals surface area contributed by atoms with Crippen molar-refractivity contribution in [2.45, 2.75) is 34.1 Å². The van der Waals surface area contributed by atoms with Crippen LogP contribution in [0.5, 0.6) is 0 Å². The normalized spacial score (nSPS) is 11.0. The number of carbonyl (C=O) groups excluding carboxylic acids is 2. The first-order valence-corrected chi connectivity index (χ1v) is 9.13. The quantitative estimate of drug-likeness (QED) is 0.595. The third-order valence-electron chi connectivity index (χ3n) is 4.35. The first kappa shape index (κ1) is 18.7. The van der Waals surface area contributed by atoms with Crippen molar-refractivity contribution in [1.82, 2.24) is 4.98 Å². The number of benzene rings is 2. The average molecular weight is 363 g/mol. The molecule has 3 rings (SSSR count). The summed E-state index contributed by atoms with van der Waals surface area (Å²) in [5.74, 6) is 0.109. The molecule has 3 aromatic rings. The minimum Gasteiger partial charge on any atom is -0.351 e. The SMILES string of the molecule is Cc1cc(C)c2cc(C(=O)Nc3ccc(NC(=O)CC(C)C)cc3)[nH]c2c1. The monoisotopic (exact) mass is 363 g/mol. The van der Waals surface area contributed by atoms with Crippen LogP contribution in [0.1, 0.15) is 41.9 Å². The highest BCUT2D eigenvalue weighted by molar-refractivity contribution is 6.06. The van der Waals surface area contributed by atoms with Crippen LogP contribution in [-0.4, -0.2) is 16.8 Å². The molecule has 0 unspecified atom stereocenters. The van der Waals surface area contributed by atoms with Gasteiger partial charge in [0.15, 0.2) is 0 Å². The van der Waals surface area contributed by atoms with Crippen molar-refractivity contribution < 1.29 is 9.59 Å². The number of fused-ring (bicyclic) bond motifs is 1. The molecule has 2 aromatic carbocycles. The number of hydrogen-bond acceptors (Lipinski definition) is 2. The molecule has 0 aliphatic heterocycles. The van der Waals surface area contributed by atoms with Crippen LogP contribution in [0.2, 0.25) is 0 Å². The van der Waals surface area contributed by atoms with Gasteiger partial charge in [0, 0.05) is 28.7 Å². The van der Waals surface area contributed by atoms with E-state index in [4.69, 9.17) is 0 Å². The number of rotatable bonds is 5. The molecule has 3 N–H and O–H groups in total. The standard InChI is InChI=1S/C22H25N3O2/c1-13(2)9-21(26)23-16-5-7-17(8-6-16)24-22(27)20-12-18-15(4)10-14(3)11-19(18)25-20/h5-8,10-13,25H,9H2,1-4H3,(H,23,26)(H,24,27). The Kier molecular flexibility index (Phi) is 5.31. The molecule has 0 atom stereocenters. The largest absolute Gasteiger partial charge is 0.351 e. The van der Waals surface area contributed by atoms with Gasteiger partial charge in [0.1, 0.15) is 5.69 Å². The lowest BCUT2D eigenvalue weighted by Crippen LogP contribution is -2.14. The van der Waals surface area contributed by atoms with Crippen LogP contribution in [0.25, 0.3) is 10.9 Å². The molecular formula is C22H25N3O2. The summed E-state index contributed by atoms with van der Waals surface area (Å²) in [5.41, 5.74) is 5.17. The molecule has 2 amide bonds. The predicted molar refractivity (Wildman–Crippen MR) is 110 cm³/mol. The lowest BCUT2D eigenvalue weighted by atomic mass is 10.1. The topological polar surface area (TPSA) is 74.0 Å². The second-order valence-corrected chi connectivity index (χ2v) is 7.40. The minimum atomic E-state index is -0.195. The zero-order valence-electron chi connectivity index (χ0n) is 16.1. The molecule has 5 nitrogen and oxygen atoms in total. The van der Waals surface area contributed by atoms with Gasteiger partial charge in [-0.05, 0) is 67.3 Å². The average Bonchev–Trinajstić information content (AvgIpc) is 3.00. The van der Waals surface area contributed by atoms with Crippen LogP contribution in [-0.2, 0) is 4.79 Å². The molecule has 5 heteroatoms. The summed E-state index contributed by atoms with van der Waals surface area (Å²) in [6.45, 7) is 8.09. The van der Waals surface area contributed by atoms with Crippen molar-refractivity contribution in [3.8, 4) is 0 Å². The van der Waals surface area contributed by atoms with Crippen LogP contribution < -0.4 is 10.6 Å². The molecule has 0 radical (unpaired) electrons. The maximum absolute atomic E-state index is 12.6. The van der Waals surface area contributed by atoms with Gasteiger partial charge in [-0.1, -0.05) is 19.9 Å². The molecule has 0 saturated heterocycles. The number of carbonyl (C=O) groups is 2. The van der Waals surface area contributed by atoms with Gasteiger partial charge < -0.3 is 15.6 Å². The van der Waals surface area contributed by atoms with E-state index in [1.807, 2.05) is 39.8 Å². The summed E-state index contributed by atoms with van der Waals surface area (Å²) in [4.78, 5) is 27.6. The number of aromatic nitrogens is 1. The lowest BCUT2D eigenvalue weighted by molar-refractivity contribution is -0.116. The highest BCUT2D eigenvalue weighted by atomic mass is 16.2. The Labute approximate surface area is 159 Å². The Morgan fingerprint density at radius 1 is 0.963 bits per heavy atom. The predicted octanol–water partition coefficient (Wildman–Crippen LogP) is 5.02. The fourth-order valence-electron chi connectivity index (χ4n) is 3.14. The van der Waals surface area contributed by atoms with E-state index >= 15 is 0 Å². The van der Waals surface area contributed by atoms with Crippen LogP contribution in [0, 0.1) is 19.8 Å². The van der Waals surface area contributed by atoms with E-state index in [9.17, 15) is 9.59 Å². The number of H-pyrrole nitrogens is 1. The van der Waals surface area contributed by atoms with Gasteiger partial charge in [-0.3, -0.25) is 9.59 Å². The Hall–Kier alpha value is -3.08. The van der Waals surface area contributed by atoms with Crippen molar-refractivity contribution in [2.24, 2.45) is 5.92 Å². The van der Waals surface area contributed by atoms with E-state index in [2.05, 4.69) is 21.7 Å².